The highest BCUT2D eigenvalue weighted by atomic mass is 19.4. The van der Waals surface area contributed by atoms with Crippen LogP contribution in [0.25, 0.3) is 0 Å². The molecule has 0 radical (unpaired) electrons. The Hall–Kier alpha value is -2.30. The van der Waals surface area contributed by atoms with Gasteiger partial charge >= 0.3 is 6.36 Å². The fraction of sp³-hybridized carbons (Fsp3) is 0.462. The second kappa shape index (κ2) is 9.05. The van der Waals surface area contributed by atoms with Gasteiger partial charge in [-0.2, -0.15) is 0 Å². The van der Waals surface area contributed by atoms with E-state index < -0.39 is 17.9 Å². The minimum Gasteiger partial charge on any atom is -0.403 e. The fourth-order valence-corrected chi connectivity index (χ4v) is 5.23. The van der Waals surface area contributed by atoms with Gasteiger partial charge in [0.25, 0.3) is 0 Å². The number of halogens is 4. The molecule has 1 atom stereocenters. The highest BCUT2D eigenvalue weighted by Gasteiger charge is 2.34. The Morgan fingerprint density at radius 2 is 1.52 bits per heavy atom. The van der Waals surface area contributed by atoms with Crippen LogP contribution in [0.4, 0.5) is 17.6 Å². The summed E-state index contributed by atoms with van der Waals surface area (Å²) in [6, 6.07) is 11.5. The zero-order valence-electron chi connectivity index (χ0n) is 17.7. The summed E-state index contributed by atoms with van der Waals surface area (Å²) in [7, 11) is 0. The molecule has 31 heavy (non-hydrogen) atoms. The number of rotatable bonds is 4. The lowest BCUT2D eigenvalue weighted by Crippen LogP contribution is -2.20. The third-order valence-electron chi connectivity index (χ3n) is 6.86. The number of hydrogen-bond donors (Lipinski definition) is 0. The van der Waals surface area contributed by atoms with E-state index in [2.05, 4.69) is 48.1 Å². The molecule has 4 rings (SSSR count). The highest BCUT2D eigenvalue weighted by molar-refractivity contribution is 5.41. The number of hydrogen-bond acceptors (Lipinski definition) is 1. The maximum absolute atomic E-state index is 14.5. The molecule has 0 N–H and O–H groups in total. The van der Waals surface area contributed by atoms with E-state index in [0.29, 0.717) is 36.7 Å². The molecule has 0 amide bonds. The number of allylic oxidation sites excluding steroid dienone is 2. The van der Waals surface area contributed by atoms with Gasteiger partial charge in [0.15, 0.2) is 11.6 Å². The van der Waals surface area contributed by atoms with Crippen LogP contribution in [-0.4, -0.2) is 6.36 Å². The summed E-state index contributed by atoms with van der Waals surface area (Å²) in [5, 5.41) is 0. The van der Waals surface area contributed by atoms with Gasteiger partial charge in [0, 0.05) is 0 Å². The van der Waals surface area contributed by atoms with Crippen molar-refractivity contribution in [2.45, 2.75) is 70.1 Å². The summed E-state index contributed by atoms with van der Waals surface area (Å²) in [4.78, 5) is 0. The van der Waals surface area contributed by atoms with Crippen LogP contribution in [0.15, 0.2) is 48.6 Å². The van der Waals surface area contributed by atoms with E-state index in [1.54, 1.807) is 6.07 Å². The van der Waals surface area contributed by atoms with E-state index in [1.807, 2.05) is 0 Å². The summed E-state index contributed by atoms with van der Waals surface area (Å²) >= 11 is 0. The molecule has 2 aromatic rings. The lowest BCUT2D eigenvalue weighted by Gasteiger charge is -2.28. The van der Waals surface area contributed by atoms with Crippen LogP contribution in [0.1, 0.15) is 73.1 Å². The monoisotopic (exact) mass is 432 g/mol. The zero-order chi connectivity index (χ0) is 22.0. The molecular weight excluding hydrogens is 404 g/mol. The Labute approximate surface area is 181 Å². The predicted octanol–water partition coefficient (Wildman–Crippen LogP) is 7.85. The number of benzene rings is 2. The SMILES string of the molecule is C/C=C/C1CCC(c2ccc(C3CCc4c(ccc(OC(F)(F)F)c4F)C3)cc2)CC1. The van der Waals surface area contributed by atoms with Crippen LogP contribution < -0.4 is 4.74 Å². The van der Waals surface area contributed by atoms with Gasteiger partial charge < -0.3 is 4.74 Å². The first kappa shape index (κ1) is 21.9. The first-order chi connectivity index (χ1) is 14.8. The Kier molecular flexibility index (Phi) is 6.40. The van der Waals surface area contributed by atoms with Crippen molar-refractivity contribution in [1.29, 1.82) is 0 Å². The Balaban J connectivity index is 1.42. The molecule has 1 nitrogen and oxygen atoms in total. The smallest absolute Gasteiger partial charge is 0.403 e. The molecule has 0 bridgehead atoms. The van der Waals surface area contributed by atoms with Crippen LogP contribution in [-0.2, 0) is 12.8 Å². The van der Waals surface area contributed by atoms with Crippen molar-refractivity contribution in [2.75, 3.05) is 0 Å². The summed E-state index contributed by atoms with van der Waals surface area (Å²) < 4.78 is 55.7. The molecule has 0 aromatic heterocycles. The maximum atomic E-state index is 14.5. The third-order valence-corrected chi connectivity index (χ3v) is 6.86. The summed E-state index contributed by atoms with van der Waals surface area (Å²) in [5.74, 6) is -0.0369. The van der Waals surface area contributed by atoms with Crippen molar-refractivity contribution >= 4 is 0 Å². The molecule has 2 aromatic carbocycles. The molecule has 1 saturated carbocycles. The number of alkyl halides is 3. The zero-order valence-corrected chi connectivity index (χ0v) is 17.7. The minimum absolute atomic E-state index is 0.251. The van der Waals surface area contributed by atoms with Crippen molar-refractivity contribution in [3.63, 3.8) is 0 Å². The largest absolute Gasteiger partial charge is 0.573 e. The normalized spacial score (nSPS) is 24.2. The topological polar surface area (TPSA) is 9.23 Å². The van der Waals surface area contributed by atoms with Gasteiger partial charge in [-0.25, -0.2) is 4.39 Å². The lowest BCUT2D eigenvalue weighted by molar-refractivity contribution is -0.275. The van der Waals surface area contributed by atoms with E-state index in [9.17, 15) is 17.6 Å². The van der Waals surface area contributed by atoms with Crippen molar-refractivity contribution in [3.8, 4) is 5.75 Å². The summed E-state index contributed by atoms with van der Waals surface area (Å²) in [5.41, 5.74) is 3.73. The summed E-state index contributed by atoms with van der Waals surface area (Å²) in [6.45, 7) is 2.08. The van der Waals surface area contributed by atoms with Crippen molar-refractivity contribution < 1.29 is 22.3 Å². The molecule has 1 fully saturated rings. The van der Waals surface area contributed by atoms with Gasteiger partial charge in [0.2, 0.25) is 0 Å². The Bertz CT molecular complexity index is 922. The van der Waals surface area contributed by atoms with E-state index in [-0.39, 0.29) is 5.92 Å². The molecule has 2 aliphatic rings. The van der Waals surface area contributed by atoms with Gasteiger partial charge in [-0.05, 0) is 97.9 Å². The second-order valence-electron chi connectivity index (χ2n) is 8.81. The van der Waals surface area contributed by atoms with Gasteiger partial charge in [-0.3, -0.25) is 0 Å². The fourth-order valence-electron chi connectivity index (χ4n) is 5.23. The molecule has 0 aliphatic heterocycles. The Morgan fingerprint density at radius 3 is 2.13 bits per heavy atom. The molecular formula is C26H28F4O. The molecule has 0 spiro atoms. The van der Waals surface area contributed by atoms with Crippen LogP contribution in [0.2, 0.25) is 0 Å². The lowest BCUT2D eigenvalue weighted by atomic mass is 9.77. The van der Waals surface area contributed by atoms with Crippen LogP contribution >= 0.6 is 0 Å². The standard InChI is InChI=1S/C26H28F4O/c1-2-3-17-4-6-18(7-5-17)19-8-10-20(11-9-19)21-12-14-23-22(16-21)13-15-24(25(23)27)31-26(28,29)30/h2-3,8-11,13,15,17-18,21H,4-7,12,14,16H2,1H3/b3-2+. The highest BCUT2D eigenvalue weighted by Crippen LogP contribution is 2.39. The molecule has 5 heteroatoms. The predicted molar refractivity (Wildman–Crippen MR) is 114 cm³/mol. The number of ether oxygens (including phenoxy) is 1. The molecule has 0 saturated heterocycles. The quantitative estimate of drug-likeness (QED) is 0.353. The minimum atomic E-state index is -4.89. The van der Waals surface area contributed by atoms with E-state index in [4.69, 9.17) is 0 Å². The van der Waals surface area contributed by atoms with Crippen LogP contribution in [0.3, 0.4) is 0 Å². The van der Waals surface area contributed by atoms with E-state index in [1.165, 1.54) is 36.8 Å². The van der Waals surface area contributed by atoms with Crippen LogP contribution in [0, 0.1) is 11.7 Å². The van der Waals surface area contributed by atoms with Gasteiger partial charge in [0.1, 0.15) is 0 Å². The van der Waals surface area contributed by atoms with Crippen LogP contribution in [0.5, 0.6) is 5.75 Å². The van der Waals surface area contributed by atoms with Crippen molar-refractivity contribution in [3.05, 3.63) is 76.6 Å². The average Bonchev–Trinajstić information content (AvgIpc) is 2.76. The first-order valence-corrected chi connectivity index (χ1v) is 11.1. The Morgan fingerprint density at radius 1 is 0.871 bits per heavy atom. The molecule has 166 valence electrons. The molecule has 2 aliphatic carbocycles. The van der Waals surface area contributed by atoms with Crippen molar-refractivity contribution in [2.24, 2.45) is 5.92 Å². The summed E-state index contributed by atoms with van der Waals surface area (Å²) in [6.07, 6.45) is 6.25. The second-order valence-corrected chi connectivity index (χ2v) is 8.81. The maximum Gasteiger partial charge on any atom is 0.573 e. The molecule has 1 unspecified atom stereocenters. The first-order valence-electron chi connectivity index (χ1n) is 11.1. The van der Waals surface area contributed by atoms with Gasteiger partial charge in [-0.1, -0.05) is 42.5 Å². The van der Waals surface area contributed by atoms with Gasteiger partial charge in [-0.15, -0.1) is 13.2 Å². The average molecular weight is 433 g/mol. The van der Waals surface area contributed by atoms with Crippen molar-refractivity contribution in [1.82, 2.24) is 0 Å². The van der Waals surface area contributed by atoms with E-state index >= 15 is 0 Å². The number of fused-ring (bicyclic) bond motifs is 1. The molecule has 0 heterocycles. The van der Waals surface area contributed by atoms with Gasteiger partial charge in [0.05, 0.1) is 0 Å². The van der Waals surface area contributed by atoms with E-state index in [0.717, 1.165) is 11.6 Å². The third kappa shape index (κ3) is 5.13.